The van der Waals surface area contributed by atoms with E-state index in [9.17, 15) is 10.1 Å². The number of nitrogens with zero attached hydrogens (tertiary/aromatic N) is 3. The Hall–Kier alpha value is -2.16. The summed E-state index contributed by atoms with van der Waals surface area (Å²) in [6.45, 7) is 0.641. The van der Waals surface area contributed by atoms with Gasteiger partial charge in [0.2, 0.25) is 0 Å². The van der Waals surface area contributed by atoms with Crippen LogP contribution in [0.1, 0.15) is 4.88 Å². The van der Waals surface area contributed by atoms with Crippen molar-refractivity contribution in [3.8, 4) is 0 Å². The molecule has 0 radical (unpaired) electrons. The Morgan fingerprint density at radius 3 is 2.71 bits per heavy atom. The summed E-state index contributed by atoms with van der Waals surface area (Å²) >= 11 is 8.49. The number of thiazole rings is 1. The first-order valence-corrected chi connectivity index (χ1v) is 8.84. The zero-order chi connectivity index (χ0) is 16.9. The van der Waals surface area contributed by atoms with E-state index in [1.807, 2.05) is 24.3 Å². The number of benzene rings is 1. The van der Waals surface area contributed by atoms with E-state index >= 15 is 0 Å². The fourth-order valence-corrected chi connectivity index (χ4v) is 3.68. The monoisotopic (exact) mass is 378 g/mol. The molecule has 0 aliphatic heterocycles. The topological polar surface area (TPSA) is 81.0 Å². The Bertz CT molecular complexity index is 855. The zero-order valence-corrected chi connectivity index (χ0v) is 14.6. The van der Waals surface area contributed by atoms with E-state index in [4.69, 9.17) is 11.6 Å². The van der Waals surface area contributed by atoms with Crippen LogP contribution in [0.15, 0.2) is 58.7 Å². The number of nitro groups is 1. The lowest BCUT2D eigenvalue weighted by Gasteiger charge is -2.06. The molecule has 0 atom stereocenters. The fourth-order valence-electron chi connectivity index (χ4n) is 1.91. The Balaban J connectivity index is 1.65. The van der Waals surface area contributed by atoms with Gasteiger partial charge >= 0.3 is 5.69 Å². The molecule has 0 amide bonds. The van der Waals surface area contributed by atoms with Crippen molar-refractivity contribution in [1.82, 2.24) is 9.97 Å². The number of aromatic nitrogens is 2. The van der Waals surface area contributed by atoms with Crippen LogP contribution in [0, 0.1) is 10.1 Å². The number of nitrogens with one attached hydrogen (secondary N) is 1. The van der Waals surface area contributed by atoms with E-state index in [1.165, 1.54) is 29.2 Å². The van der Waals surface area contributed by atoms with Gasteiger partial charge in [0.25, 0.3) is 0 Å². The fraction of sp³-hybridized carbons (Fsp3) is 0.0667. The van der Waals surface area contributed by atoms with E-state index < -0.39 is 4.92 Å². The standard InChI is InChI=1S/C15H11ClN4O2S2/c16-15-19-9-12(24-15)8-18-10-3-5-11(6-4-10)23-14-13(20(21)22)2-1-7-17-14/h1-7,9,18H,8H2. The van der Waals surface area contributed by atoms with Crippen molar-refractivity contribution in [2.75, 3.05) is 5.32 Å². The van der Waals surface area contributed by atoms with Gasteiger partial charge in [-0.15, -0.1) is 11.3 Å². The van der Waals surface area contributed by atoms with Gasteiger partial charge in [0.05, 0.1) is 11.5 Å². The lowest BCUT2D eigenvalue weighted by molar-refractivity contribution is -0.388. The highest BCUT2D eigenvalue weighted by Gasteiger charge is 2.15. The number of hydrogen-bond acceptors (Lipinski definition) is 7. The minimum atomic E-state index is -0.425. The van der Waals surface area contributed by atoms with Crippen LogP contribution in [0.25, 0.3) is 0 Å². The van der Waals surface area contributed by atoms with Gasteiger partial charge in [-0.2, -0.15) is 0 Å². The molecule has 0 bridgehead atoms. The van der Waals surface area contributed by atoms with E-state index in [0.717, 1.165) is 15.5 Å². The van der Waals surface area contributed by atoms with Gasteiger partial charge in [-0.05, 0) is 30.3 Å². The molecule has 2 heterocycles. The molecule has 0 spiro atoms. The quantitative estimate of drug-likeness (QED) is 0.487. The van der Waals surface area contributed by atoms with Gasteiger partial charge in [-0.1, -0.05) is 23.4 Å². The summed E-state index contributed by atoms with van der Waals surface area (Å²) < 4.78 is 0.524. The Kier molecular flexibility index (Phi) is 5.29. The highest BCUT2D eigenvalue weighted by molar-refractivity contribution is 7.99. The molecule has 9 heteroatoms. The van der Waals surface area contributed by atoms with Gasteiger partial charge in [0.1, 0.15) is 0 Å². The minimum absolute atomic E-state index is 0.00627. The minimum Gasteiger partial charge on any atom is -0.380 e. The molecule has 0 saturated carbocycles. The molecule has 0 aliphatic rings. The molecule has 2 aromatic heterocycles. The van der Waals surface area contributed by atoms with E-state index in [0.29, 0.717) is 16.0 Å². The van der Waals surface area contributed by atoms with Gasteiger partial charge in [0.15, 0.2) is 9.49 Å². The molecule has 0 unspecified atom stereocenters. The summed E-state index contributed by atoms with van der Waals surface area (Å²) in [5.41, 5.74) is 0.950. The Labute approximate surface area is 151 Å². The molecular formula is C15H11ClN4O2S2. The lowest BCUT2D eigenvalue weighted by Crippen LogP contribution is -1.97. The first-order chi connectivity index (χ1) is 11.6. The maximum Gasteiger partial charge on any atom is 0.301 e. The average Bonchev–Trinajstić information content (AvgIpc) is 3.00. The number of anilines is 1. The van der Waals surface area contributed by atoms with Gasteiger partial charge in [0, 0.05) is 33.9 Å². The third-order valence-electron chi connectivity index (χ3n) is 3.01. The van der Waals surface area contributed by atoms with E-state index in [2.05, 4.69) is 15.3 Å². The van der Waals surface area contributed by atoms with E-state index in [-0.39, 0.29) is 5.69 Å². The molecule has 24 heavy (non-hydrogen) atoms. The van der Waals surface area contributed by atoms with Crippen molar-refractivity contribution < 1.29 is 4.92 Å². The van der Waals surface area contributed by atoms with Gasteiger partial charge < -0.3 is 5.32 Å². The van der Waals surface area contributed by atoms with Crippen LogP contribution in [0.2, 0.25) is 4.47 Å². The second-order valence-corrected chi connectivity index (χ2v) is 7.40. The summed E-state index contributed by atoms with van der Waals surface area (Å²) in [7, 11) is 0. The van der Waals surface area contributed by atoms with Crippen molar-refractivity contribution in [3.63, 3.8) is 0 Å². The molecule has 0 aliphatic carbocycles. The molecule has 1 aromatic carbocycles. The van der Waals surface area contributed by atoms with Gasteiger partial charge in [-0.3, -0.25) is 10.1 Å². The van der Waals surface area contributed by atoms with Crippen molar-refractivity contribution in [3.05, 3.63) is 68.3 Å². The number of pyridine rings is 1. The number of rotatable bonds is 6. The van der Waals surface area contributed by atoms with Crippen LogP contribution in [0.3, 0.4) is 0 Å². The Morgan fingerprint density at radius 1 is 1.25 bits per heavy atom. The number of hydrogen-bond donors (Lipinski definition) is 1. The molecule has 3 aromatic rings. The normalized spacial score (nSPS) is 10.5. The SMILES string of the molecule is O=[N+]([O-])c1cccnc1Sc1ccc(NCc2cnc(Cl)s2)cc1. The predicted octanol–water partition coefficient (Wildman–Crippen LogP) is 4.86. The summed E-state index contributed by atoms with van der Waals surface area (Å²) in [5, 5.41) is 14.7. The molecule has 0 saturated heterocycles. The predicted molar refractivity (Wildman–Crippen MR) is 95.9 cm³/mol. The smallest absolute Gasteiger partial charge is 0.301 e. The maximum atomic E-state index is 11.0. The van der Waals surface area contributed by atoms with Crippen LogP contribution in [-0.2, 0) is 6.54 Å². The summed E-state index contributed by atoms with van der Waals surface area (Å²) in [6.07, 6.45) is 3.29. The average molecular weight is 379 g/mol. The number of halogens is 1. The maximum absolute atomic E-state index is 11.0. The second-order valence-electron chi connectivity index (χ2n) is 4.64. The third kappa shape index (κ3) is 4.22. The van der Waals surface area contributed by atoms with Crippen LogP contribution in [-0.4, -0.2) is 14.9 Å². The molecule has 0 fully saturated rings. The lowest BCUT2D eigenvalue weighted by atomic mass is 10.3. The molecule has 122 valence electrons. The first-order valence-electron chi connectivity index (χ1n) is 6.83. The third-order valence-corrected chi connectivity index (χ3v) is 5.14. The highest BCUT2D eigenvalue weighted by Crippen LogP contribution is 2.33. The molecule has 6 nitrogen and oxygen atoms in total. The van der Waals surface area contributed by atoms with Gasteiger partial charge in [-0.25, -0.2) is 9.97 Å². The highest BCUT2D eigenvalue weighted by atomic mass is 35.5. The van der Waals surface area contributed by atoms with Crippen molar-refractivity contribution in [1.29, 1.82) is 0 Å². The summed E-state index contributed by atoms with van der Waals surface area (Å²) in [5.74, 6) is 0. The van der Waals surface area contributed by atoms with Crippen LogP contribution in [0.5, 0.6) is 0 Å². The molecule has 1 N–H and O–H groups in total. The van der Waals surface area contributed by atoms with Crippen molar-refractivity contribution >= 4 is 46.1 Å². The van der Waals surface area contributed by atoms with Crippen LogP contribution < -0.4 is 5.32 Å². The summed E-state index contributed by atoms with van der Waals surface area (Å²) in [4.78, 5) is 20.6. The van der Waals surface area contributed by atoms with E-state index in [1.54, 1.807) is 18.5 Å². The van der Waals surface area contributed by atoms with Crippen molar-refractivity contribution in [2.45, 2.75) is 16.5 Å². The largest absolute Gasteiger partial charge is 0.380 e. The molecular weight excluding hydrogens is 368 g/mol. The second kappa shape index (κ2) is 7.61. The molecule has 3 rings (SSSR count). The Morgan fingerprint density at radius 2 is 2.04 bits per heavy atom. The first kappa shape index (κ1) is 16.7. The van der Waals surface area contributed by atoms with Crippen LogP contribution in [0.4, 0.5) is 11.4 Å². The zero-order valence-electron chi connectivity index (χ0n) is 12.2. The van der Waals surface area contributed by atoms with Crippen LogP contribution >= 0.6 is 34.7 Å². The summed E-state index contributed by atoms with van der Waals surface area (Å²) in [6, 6.07) is 10.6. The van der Waals surface area contributed by atoms with Crippen molar-refractivity contribution in [2.24, 2.45) is 0 Å².